The molecule has 3 rings (SSSR count). The average molecular weight is 258 g/mol. The first-order chi connectivity index (χ1) is 8.92. The molecule has 18 heavy (non-hydrogen) atoms. The third-order valence-corrected chi connectivity index (χ3v) is 3.78. The number of hydrogen-bond acceptors (Lipinski definition) is 4. The van der Waals surface area contributed by atoms with Gasteiger partial charge in [-0.25, -0.2) is 4.98 Å². The number of rotatable bonds is 5. The summed E-state index contributed by atoms with van der Waals surface area (Å²) < 4.78 is 6.53. The number of nitrogens with zero attached hydrogens (tertiary/aromatic N) is 1. The summed E-state index contributed by atoms with van der Waals surface area (Å²) in [6, 6.07) is 12.2. The predicted octanol–water partition coefficient (Wildman–Crippen LogP) is 3.22. The van der Waals surface area contributed by atoms with E-state index in [-0.39, 0.29) is 0 Å². The monoisotopic (exact) mass is 258 g/mol. The average Bonchev–Trinajstić information content (AvgIpc) is 3.03. The Balaban J connectivity index is 1.53. The first-order valence-electron chi connectivity index (χ1n) is 5.99. The van der Waals surface area contributed by atoms with Gasteiger partial charge in [0.1, 0.15) is 10.8 Å². The number of nitrogens with one attached hydrogen (secondary N) is 1. The topological polar surface area (TPSA) is 38.1 Å². The van der Waals surface area contributed by atoms with Crippen LogP contribution in [0.1, 0.15) is 10.8 Å². The van der Waals surface area contributed by atoms with Crippen LogP contribution in [0.25, 0.3) is 10.2 Å². The third kappa shape index (κ3) is 2.60. The smallest absolute Gasteiger partial charge is 0.108 e. The van der Waals surface area contributed by atoms with Crippen molar-refractivity contribution in [1.82, 2.24) is 10.3 Å². The minimum atomic E-state index is 0.819. The summed E-state index contributed by atoms with van der Waals surface area (Å²) in [4.78, 5) is 4.58. The molecule has 0 fully saturated rings. The number of benzene rings is 1. The summed E-state index contributed by atoms with van der Waals surface area (Å²) in [7, 11) is 0. The van der Waals surface area contributed by atoms with Crippen molar-refractivity contribution >= 4 is 21.6 Å². The molecule has 3 nitrogen and oxygen atoms in total. The van der Waals surface area contributed by atoms with Gasteiger partial charge in [-0.15, -0.1) is 11.3 Å². The lowest BCUT2D eigenvalue weighted by Gasteiger charge is -1.99. The van der Waals surface area contributed by atoms with Crippen molar-refractivity contribution < 1.29 is 4.42 Å². The van der Waals surface area contributed by atoms with Crippen LogP contribution in [0.15, 0.2) is 47.1 Å². The SMILES string of the molecule is c1coc(CCNCc2nc3ccccc3s2)c1. The summed E-state index contributed by atoms with van der Waals surface area (Å²) >= 11 is 1.75. The van der Waals surface area contributed by atoms with E-state index in [0.29, 0.717) is 0 Å². The van der Waals surface area contributed by atoms with E-state index in [2.05, 4.69) is 28.5 Å². The van der Waals surface area contributed by atoms with Crippen LogP contribution in [0.4, 0.5) is 0 Å². The van der Waals surface area contributed by atoms with Crippen LogP contribution in [-0.2, 0) is 13.0 Å². The molecule has 0 bridgehead atoms. The van der Waals surface area contributed by atoms with E-state index in [4.69, 9.17) is 4.42 Å². The number of para-hydroxylation sites is 1. The van der Waals surface area contributed by atoms with Crippen molar-refractivity contribution in [1.29, 1.82) is 0 Å². The van der Waals surface area contributed by atoms with Gasteiger partial charge in [0.2, 0.25) is 0 Å². The summed E-state index contributed by atoms with van der Waals surface area (Å²) in [5, 5.41) is 4.52. The van der Waals surface area contributed by atoms with Crippen molar-refractivity contribution in [2.45, 2.75) is 13.0 Å². The maximum absolute atomic E-state index is 5.28. The number of fused-ring (bicyclic) bond motifs is 1. The van der Waals surface area contributed by atoms with E-state index in [1.807, 2.05) is 18.2 Å². The Bertz CT molecular complexity index is 583. The maximum atomic E-state index is 5.28. The molecule has 3 aromatic rings. The lowest BCUT2D eigenvalue weighted by atomic mass is 10.3. The third-order valence-electron chi connectivity index (χ3n) is 2.74. The highest BCUT2D eigenvalue weighted by atomic mass is 32.1. The van der Waals surface area contributed by atoms with Crippen LogP contribution in [0.3, 0.4) is 0 Å². The van der Waals surface area contributed by atoms with Crippen LogP contribution >= 0.6 is 11.3 Å². The lowest BCUT2D eigenvalue weighted by Crippen LogP contribution is -2.16. The lowest BCUT2D eigenvalue weighted by molar-refractivity contribution is 0.498. The molecule has 0 radical (unpaired) electrons. The Morgan fingerprint density at radius 1 is 1.17 bits per heavy atom. The normalized spacial score (nSPS) is 11.1. The fourth-order valence-corrected chi connectivity index (χ4v) is 2.79. The number of thiazole rings is 1. The molecule has 0 amide bonds. The summed E-state index contributed by atoms with van der Waals surface area (Å²) in [6.45, 7) is 1.73. The molecule has 1 aromatic carbocycles. The number of furan rings is 1. The molecule has 1 N–H and O–H groups in total. The molecule has 0 saturated carbocycles. The van der Waals surface area contributed by atoms with Gasteiger partial charge in [0.25, 0.3) is 0 Å². The molecule has 2 heterocycles. The molecule has 0 saturated heterocycles. The largest absolute Gasteiger partial charge is 0.469 e. The molecule has 0 aliphatic carbocycles. The van der Waals surface area contributed by atoms with Crippen LogP contribution < -0.4 is 5.32 Å². The number of aromatic nitrogens is 1. The van der Waals surface area contributed by atoms with E-state index in [9.17, 15) is 0 Å². The van der Waals surface area contributed by atoms with Crippen molar-refractivity contribution in [2.75, 3.05) is 6.54 Å². The minimum Gasteiger partial charge on any atom is -0.469 e. The molecular weight excluding hydrogens is 244 g/mol. The van der Waals surface area contributed by atoms with Crippen molar-refractivity contribution in [2.24, 2.45) is 0 Å². The molecule has 0 atom stereocenters. The minimum absolute atomic E-state index is 0.819. The number of hydrogen-bond donors (Lipinski definition) is 1. The first-order valence-corrected chi connectivity index (χ1v) is 6.81. The Hall–Kier alpha value is -1.65. The van der Waals surface area contributed by atoms with E-state index < -0.39 is 0 Å². The molecule has 0 spiro atoms. The zero-order valence-corrected chi connectivity index (χ0v) is 10.7. The molecule has 4 heteroatoms. The second-order valence-corrected chi connectivity index (χ2v) is 5.20. The van der Waals surface area contributed by atoms with E-state index >= 15 is 0 Å². The molecule has 92 valence electrons. The van der Waals surface area contributed by atoms with Crippen molar-refractivity contribution in [3.63, 3.8) is 0 Å². The highest BCUT2D eigenvalue weighted by Gasteiger charge is 2.02. The van der Waals surface area contributed by atoms with E-state index in [1.54, 1.807) is 17.6 Å². The molecule has 0 aliphatic heterocycles. The van der Waals surface area contributed by atoms with Crippen molar-refractivity contribution in [3.8, 4) is 0 Å². The van der Waals surface area contributed by atoms with E-state index in [0.717, 1.165) is 35.8 Å². The van der Waals surface area contributed by atoms with Crippen LogP contribution in [0.2, 0.25) is 0 Å². The molecule has 2 aromatic heterocycles. The summed E-state index contributed by atoms with van der Waals surface area (Å²) in [5.41, 5.74) is 1.09. The second-order valence-electron chi connectivity index (χ2n) is 4.08. The van der Waals surface area contributed by atoms with Crippen LogP contribution in [0, 0.1) is 0 Å². The Morgan fingerprint density at radius 2 is 2.11 bits per heavy atom. The molecule has 0 aliphatic rings. The van der Waals surface area contributed by atoms with Crippen LogP contribution in [-0.4, -0.2) is 11.5 Å². The summed E-state index contributed by atoms with van der Waals surface area (Å²) in [5.74, 6) is 1.02. The van der Waals surface area contributed by atoms with Gasteiger partial charge in [0.15, 0.2) is 0 Å². The highest BCUT2D eigenvalue weighted by Crippen LogP contribution is 2.21. The van der Waals surface area contributed by atoms with Gasteiger partial charge < -0.3 is 9.73 Å². The highest BCUT2D eigenvalue weighted by molar-refractivity contribution is 7.18. The Labute approximate surface area is 109 Å². The van der Waals surface area contributed by atoms with Gasteiger partial charge in [-0.05, 0) is 24.3 Å². The van der Waals surface area contributed by atoms with Gasteiger partial charge in [0.05, 0.1) is 16.5 Å². The zero-order valence-electron chi connectivity index (χ0n) is 9.93. The van der Waals surface area contributed by atoms with Gasteiger partial charge in [-0.3, -0.25) is 0 Å². The Morgan fingerprint density at radius 3 is 2.94 bits per heavy atom. The predicted molar refractivity (Wildman–Crippen MR) is 73.7 cm³/mol. The molecule has 0 unspecified atom stereocenters. The van der Waals surface area contributed by atoms with Crippen molar-refractivity contribution in [3.05, 3.63) is 53.4 Å². The van der Waals surface area contributed by atoms with Gasteiger partial charge in [-0.1, -0.05) is 12.1 Å². The Kier molecular flexibility index (Phi) is 3.39. The van der Waals surface area contributed by atoms with Gasteiger partial charge in [0, 0.05) is 19.5 Å². The van der Waals surface area contributed by atoms with Gasteiger partial charge >= 0.3 is 0 Å². The van der Waals surface area contributed by atoms with Gasteiger partial charge in [-0.2, -0.15) is 0 Å². The summed E-state index contributed by atoms with van der Waals surface area (Å²) in [6.07, 6.45) is 2.63. The van der Waals surface area contributed by atoms with Crippen LogP contribution in [0.5, 0.6) is 0 Å². The molecular formula is C14H14N2OS. The fraction of sp³-hybridized carbons (Fsp3) is 0.214. The van der Waals surface area contributed by atoms with E-state index in [1.165, 1.54) is 4.70 Å². The quantitative estimate of drug-likeness (QED) is 0.714. The standard InChI is InChI=1S/C14H14N2OS/c1-2-6-13-12(5-1)16-14(18-13)10-15-8-7-11-4-3-9-17-11/h1-6,9,15H,7-8,10H2. The zero-order chi connectivity index (χ0) is 12.2. The second kappa shape index (κ2) is 5.33. The maximum Gasteiger partial charge on any atom is 0.108 e. The fourth-order valence-electron chi connectivity index (χ4n) is 1.86. The first kappa shape index (κ1) is 11.4.